The third-order valence-electron chi connectivity index (χ3n) is 2.16. The molecule has 0 aliphatic heterocycles. The van der Waals surface area contributed by atoms with Crippen molar-refractivity contribution < 1.29 is 14.3 Å². The minimum atomic E-state index is -0.746. The molecule has 0 fully saturated rings. The summed E-state index contributed by atoms with van der Waals surface area (Å²) < 4.78 is 10.3. The van der Waals surface area contributed by atoms with E-state index in [1.807, 2.05) is 0 Å². The van der Waals surface area contributed by atoms with E-state index in [0.717, 1.165) is 19.4 Å². The summed E-state index contributed by atoms with van der Waals surface area (Å²) in [4.78, 5) is 11.5. The average molecular weight is 217 g/mol. The van der Waals surface area contributed by atoms with Gasteiger partial charge in [0.1, 0.15) is 5.60 Å². The molecule has 0 aromatic heterocycles. The largest absolute Gasteiger partial charge is 0.381 e. The molecule has 0 aromatic rings. The minimum absolute atomic E-state index is 0.0829. The van der Waals surface area contributed by atoms with Gasteiger partial charge in [0.25, 0.3) is 5.91 Å². The van der Waals surface area contributed by atoms with Crippen molar-refractivity contribution in [3.05, 3.63) is 0 Å². The van der Waals surface area contributed by atoms with E-state index < -0.39 is 5.60 Å². The normalized spacial score (nSPS) is 11.5. The molecule has 0 spiro atoms. The molecule has 15 heavy (non-hydrogen) atoms. The van der Waals surface area contributed by atoms with Crippen molar-refractivity contribution in [1.82, 2.24) is 5.32 Å². The molecule has 90 valence electrons. The first-order valence-corrected chi connectivity index (χ1v) is 5.45. The van der Waals surface area contributed by atoms with E-state index in [9.17, 15) is 4.79 Å². The molecule has 0 atom stereocenters. The predicted molar refractivity (Wildman–Crippen MR) is 59.8 cm³/mol. The summed E-state index contributed by atoms with van der Waals surface area (Å²) in [6.07, 6.45) is 1.87. The average Bonchev–Trinajstić information content (AvgIpc) is 2.22. The molecule has 0 heterocycles. The summed E-state index contributed by atoms with van der Waals surface area (Å²) in [6.45, 7) is 7.68. The molecule has 0 saturated carbocycles. The summed E-state index contributed by atoms with van der Waals surface area (Å²) in [5.41, 5.74) is -0.746. The van der Waals surface area contributed by atoms with Crippen molar-refractivity contribution >= 4 is 5.91 Å². The second-order valence-corrected chi connectivity index (χ2v) is 3.94. The summed E-state index contributed by atoms with van der Waals surface area (Å²) >= 11 is 0. The van der Waals surface area contributed by atoms with Gasteiger partial charge in [-0.05, 0) is 26.7 Å². The van der Waals surface area contributed by atoms with E-state index in [1.54, 1.807) is 13.8 Å². The fourth-order valence-corrected chi connectivity index (χ4v) is 0.928. The molecule has 0 radical (unpaired) electrons. The Hall–Kier alpha value is -0.610. The van der Waals surface area contributed by atoms with Crippen LogP contribution in [0.4, 0.5) is 0 Å². The first kappa shape index (κ1) is 14.4. The van der Waals surface area contributed by atoms with Gasteiger partial charge in [0.05, 0.1) is 0 Å². The Labute approximate surface area is 92.3 Å². The molecule has 1 N–H and O–H groups in total. The zero-order valence-electron chi connectivity index (χ0n) is 10.3. The van der Waals surface area contributed by atoms with Crippen molar-refractivity contribution in [1.29, 1.82) is 0 Å². The van der Waals surface area contributed by atoms with E-state index in [-0.39, 0.29) is 5.91 Å². The number of hydrogen-bond donors (Lipinski definition) is 1. The van der Waals surface area contributed by atoms with Crippen molar-refractivity contribution in [3.63, 3.8) is 0 Å². The van der Waals surface area contributed by atoms with E-state index in [0.29, 0.717) is 13.2 Å². The Balaban J connectivity index is 3.47. The van der Waals surface area contributed by atoms with Crippen LogP contribution in [0.3, 0.4) is 0 Å². The quantitative estimate of drug-likeness (QED) is 0.624. The van der Waals surface area contributed by atoms with Crippen LogP contribution in [0.15, 0.2) is 0 Å². The number of methoxy groups -OCH3 is 1. The van der Waals surface area contributed by atoms with Crippen molar-refractivity contribution in [2.75, 3.05) is 26.9 Å². The molecule has 0 aliphatic rings. The van der Waals surface area contributed by atoms with Crippen LogP contribution >= 0.6 is 0 Å². The Kier molecular flexibility index (Phi) is 7.34. The van der Waals surface area contributed by atoms with Crippen LogP contribution in [0.1, 0.15) is 33.6 Å². The van der Waals surface area contributed by atoms with Crippen LogP contribution in [-0.4, -0.2) is 38.4 Å². The number of rotatable bonds is 8. The van der Waals surface area contributed by atoms with Gasteiger partial charge >= 0.3 is 0 Å². The van der Waals surface area contributed by atoms with E-state index in [2.05, 4.69) is 12.2 Å². The summed E-state index contributed by atoms with van der Waals surface area (Å²) in [7, 11) is 1.53. The maximum Gasteiger partial charge on any atom is 0.251 e. The fourth-order valence-electron chi connectivity index (χ4n) is 0.928. The predicted octanol–water partition coefficient (Wildman–Crippen LogP) is 1.34. The van der Waals surface area contributed by atoms with Crippen molar-refractivity contribution in [3.8, 4) is 0 Å². The van der Waals surface area contributed by atoms with Gasteiger partial charge in [0.2, 0.25) is 0 Å². The number of carbonyl (C=O) groups is 1. The molecule has 0 aromatic carbocycles. The van der Waals surface area contributed by atoms with E-state index in [1.165, 1.54) is 7.11 Å². The molecule has 0 saturated heterocycles. The maximum absolute atomic E-state index is 11.5. The lowest BCUT2D eigenvalue weighted by molar-refractivity contribution is -0.139. The molecular formula is C11H23NO3. The Morgan fingerprint density at radius 1 is 1.33 bits per heavy atom. The molecule has 0 bridgehead atoms. The number of nitrogens with one attached hydrogen (secondary N) is 1. The first-order valence-electron chi connectivity index (χ1n) is 5.45. The highest BCUT2D eigenvalue weighted by Crippen LogP contribution is 2.06. The van der Waals surface area contributed by atoms with Gasteiger partial charge in [0.15, 0.2) is 0 Å². The Bertz CT molecular complexity index is 181. The fraction of sp³-hybridized carbons (Fsp3) is 0.909. The topological polar surface area (TPSA) is 47.6 Å². The lowest BCUT2D eigenvalue weighted by Crippen LogP contribution is -2.44. The number of ether oxygens (including phenoxy) is 2. The second kappa shape index (κ2) is 7.65. The lowest BCUT2D eigenvalue weighted by atomic mass is 10.1. The Morgan fingerprint density at radius 2 is 2.00 bits per heavy atom. The maximum atomic E-state index is 11.5. The highest BCUT2D eigenvalue weighted by molar-refractivity contribution is 5.84. The SMILES string of the molecule is CCCOCCCNC(=O)C(C)(C)OC. The minimum Gasteiger partial charge on any atom is -0.381 e. The Morgan fingerprint density at radius 3 is 2.53 bits per heavy atom. The third kappa shape index (κ3) is 6.47. The summed E-state index contributed by atoms with van der Waals surface area (Å²) in [6, 6.07) is 0. The first-order chi connectivity index (χ1) is 7.04. The van der Waals surface area contributed by atoms with Crippen LogP contribution in [0.5, 0.6) is 0 Å². The van der Waals surface area contributed by atoms with Crippen LogP contribution < -0.4 is 5.32 Å². The van der Waals surface area contributed by atoms with Gasteiger partial charge in [0, 0.05) is 26.9 Å². The third-order valence-corrected chi connectivity index (χ3v) is 2.16. The highest BCUT2D eigenvalue weighted by Gasteiger charge is 2.25. The van der Waals surface area contributed by atoms with E-state index >= 15 is 0 Å². The smallest absolute Gasteiger partial charge is 0.251 e. The van der Waals surface area contributed by atoms with Gasteiger partial charge in [-0.15, -0.1) is 0 Å². The van der Waals surface area contributed by atoms with Gasteiger partial charge in [-0.1, -0.05) is 6.92 Å². The molecule has 0 unspecified atom stereocenters. The van der Waals surface area contributed by atoms with Crippen LogP contribution in [0, 0.1) is 0 Å². The number of amides is 1. The van der Waals surface area contributed by atoms with Crippen molar-refractivity contribution in [2.45, 2.75) is 39.2 Å². The van der Waals surface area contributed by atoms with Gasteiger partial charge < -0.3 is 14.8 Å². The zero-order valence-corrected chi connectivity index (χ0v) is 10.3. The molecule has 1 amide bonds. The number of carbonyl (C=O) groups excluding carboxylic acids is 1. The number of hydrogen-bond acceptors (Lipinski definition) is 3. The van der Waals surface area contributed by atoms with E-state index in [4.69, 9.17) is 9.47 Å². The van der Waals surface area contributed by atoms with Crippen LogP contribution in [0.2, 0.25) is 0 Å². The van der Waals surface area contributed by atoms with Crippen LogP contribution in [-0.2, 0) is 14.3 Å². The van der Waals surface area contributed by atoms with Crippen molar-refractivity contribution in [2.24, 2.45) is 0 Å². The molecule has 4 heteroatoms. The lowest BCUT2D eigenvalue weighted by Gasteiger charge is -2.21. The van der Waals surface area contributed by atoms with Gasteiger partial charge in [-0.3, -0.25) is 4.79 Å². The highest BCUT2D eigenvalue weighted by atomic mass is 16.5. The molecule has 0 rings (SSSR count). The standard InChI is InChI=1S/C11H23NO3/c1-5-8-15-9-6-7-12-10(13)11(2,3)14-4/h5-9H2,1-4H3,(H,12,13). The second-order valence-electron chi connectivity index (χ2n) is 3.94. The molecule has 4 nitrogen and oxygen atoms in total. The summed E-state index contributed by atoms with van der Waals surface area (Å²) in [5.74, 6) is -0.0829. The summed E-state index contributed by atoms with van der Waals surface area (Å²) in [5, 5.41) is 2.81. The van der Waals surface area contributed by atoms with Gasteiger partial charge in [-0.25, -0.2) is 0 Å². The van der Waals surface area contributed by atoms with Crippen LogP contribution in [0.25, 0.3) is 0 Å². The molecular weight excluding hydrogens is 194 g/mol. The molecule has 0 aliphatic carbocycles. The zero-order chi connectivity index (χ0) is 11.7. The monoisotopic (exact) mass is 217 g/mol. The van der Waals surface area contributed by atoms with Gasteiger partial charge in [-0.2, -0.15) is 0 Å².